The van der Waals surface area contributed by atoms with Crippen molar-refractivity contribution in [1.82, 2.24) is 9.62 Å². The van der Waals surface area contributed by atoms with E-state index >= 15 is 0 Å². The molecule has 1 aromatic carbocycles. The van der Waals surface area contributed by atoms with E-state index in [0.717, 1.165) is 16.1 Å². The summed E-state index contributed by atoms with van der Waals surface area (Å²) in [6, 6.07) is 4.70. The van der Waals surface area contributed by atoms with Gasteiger partial charge in [0.1, 0.15) is 4.90 Å². The third-order valence-corrected chi connectivity index (χ3v) is 8.77. The Morgan fingerprint density at radius 3 is 2.19 bits per heavy atom. The lowest BCUT2D eigenvalue weighted by atomic mass is 9.54. The van der Waals surface area contributed by atoms with Crippen molar-refractivity contribution in [2.75, 3.05) is 14.1 Å². The SMILES string of the molecule is CN(C)S(=O)(=O)c1cc(C(=O)NC2C3CC4CC(C3)CC2C4)ccc1Cl. The molecule has 1 aromatic rings. The van der Waals surface area contributed by atoms with Crippen LogP contribution in [-0.2, 0) is 10.0 Å². The fraction of sp³-hybridized carbons (Fsp3) is 0.632. The third-order valence-electron chi connectivity index (χ3n) is 6.48. The summed E-state index contributed by atoms with van der Waals surface area (Å²) >= 11 is 6.08. The number of nitrogens with zero attached hydrogens (tertiary/aromatic N) is 1. The summed E-state index contributed by atoms with van der Waals surface area (Å²) in [6.45, 7) is 0. The van der Waals surface area contributed by atoms with E-state index in [-0.39, 0.29) is 21.9 Å². The van der Waals surface area contributed by atoms with Crippen LogP contribution in [-0.4, -0.2) is 38.8 Å². The zero-order valence-corrected chi connectivity index (χ0v) is 16.7. The van der Waals surface area contributed by atoms with Gasteiger partial charge in [0.2, 0.25) is 10.0 Å². The number of hydrogen-bond acceptors (Lipinski definition) is 3. The Kier molecular flexibility index (Phi) is 4.56. The summed E-state index contributed by atoms with van der Waals surface area (Å²) in [5, 5.41) is 3.34. The first-order chi connectivity index (χ1) is 12.3. The fourth-order valence-corrected chi connectivity index (χ4v) is 6.83. The molecule has 1 amide bonds. The molecule has 0 spiro atoms. The van der Waals surface area contributed by atoms with Crippen LogP contribution < -0.4 is 5.32 Å². The van der Waals surface area contributed by atoms with Gasteiger partial charge in [-0.3, -0.25) is 4.79 Å². The average molecular weight is 397 g/mol. The fourth-order valence-electron chi connectivity index (χ4n) is 5.43. The van der Waals surface area contributed by atoms with Crippen LogP contribution in [0.4, 0.5) is 0 Å². The lowest BCUT2D eigenvalue weighted by Gasteiger charge is -2.54. The van der Waals surface area contributed by atoms with Crippen molar-refractivity contribution in [2.24, 2.45) is 23.7 Å². The summed E-state index contributed by atoms with van der Waals surface area (Å²) in [7, 11) is -0.789. The number of sulfonamides is 1. The third kappa shape index (κ3) is 3.06. The molecule has 5 nitrogen and oxygen atoms in total. The first-order valence-corrected chi connectivity index (χ1v) is 11.1. The Balaban J connectivity index is 1.56. The van der Waals surface area contributed by atoms with Gasteiger partial charge in [0.15, 0.2) is 0 Å². The van der Waals surface area contributed by atoms with Crippen LogP contribution in [0.1, 0.15) is 42.5 Å². The molecular weight excluding hydrogens is 372 g/mol. The lowest BCUT2D eigenvalue weighted by molar-refractivity contribution is -0.0119. The highest BCUT2D eigenvalue weighted by Crippen LogP contribution is 2.53. The Hall–Kier alpha value is -1.11. The molecule has 5 rings (SSSR count). The largest absolute Gasteiger partial charge is 0.349 e. The summed E-state index contributed by atoms with van der Waals surface area (Å²) in [6.07, 6.45) is 6.26. The van der Waals surface area contributed by atoms with Gasteiger partial charge in [-0.25, -0.2) is 12.7 Å². The van der Waals surface area contributed by atoms with Gasteiger partial charge in [0.05, 0.1) is 5.02 Å². The molecule has 1 N–H and O–H groups in total. The van der Waals surface area contributed by atoms with Crippen molar-refractivity contribution < 1.29 is 13.2 Å². The van der Waals surface area contributed by atoms with E-state index in [4.69, 9.17) is 11.6 Å². The highest BCUT2D eigenvalue weighted by molar-refractivity contribution is 7.89. The Bertz CT molecular complexity index is 809. The van der Waals surface area contributed by atoms with Gasteiger partial charge < -0.3 is 5.32 Å². The number of carbonyl (C=O) groups excluding carboxylic acids is 1. The molecule has 4 bridgehead atoms. The normalized spacial score (nSPS) is 32.8. The molecular formula is C19H25ClN2O3S. The summed E-state index contributed by atoms with van der Waals surface area (Å²) in [4.78, 5) is 12.8. The first kappa shape index (κ1) is 18.3. The second kappa shape index (κ2) is 6.50. The van der Waals surface area contributed by atoms with Crippen molar-refractivity contribution in [3.63, 3.8) is 0 Å². The predicted octanol–water partition coefficient (Wildman–Crippen LogP) is 3.14. The van der Waals surface area contributed by atoms with Crippen molar-refractivity contribution in [3.8, 4) is 0 Å². The number of carbonyl (C=O) groups is 1. The van der Waals surface area contributed by atoms with Gasteiger partial charge in [-0.05, 0) is 74.0 Å². The summed E-state index contributed by atoms with van der Waals surface area (Å²) in [5.74, 6) is 2.64. The first-order valence-electron chi connectivity index (χ1n) is 9.28. The number of hydrogen-bond donors (Lipinski definition) is 1. The van der Waals surface area contributed by atoms with E-state index < -0.39 is 10.0 Å². The van der Waals surface area contributed by atoms with Crippen molar-refractivity contribution in [2.45, 2.75) is 43.0 Å². The van der Waals surface area contributed by atoms with E-state index in [2.05, 4.69) is 5.32 Å². The van der Waals surface area contributed by atoms with Crippen LogP contribution in [0.5, 0.6) is 0 Å². The standard InChI is InChI=1S/C19H25ClN2O3S/c1-22(2)26(24,25)17-10-13(3-4-16(17)20)19(23)21-18-14-6-11-5-12(8-14)9-15(18)7-11/h3-4,10-12,14-15,18H,5-9H2,1-2H3,(H,21,23). The molecule has 4 fully saturated rings. The van der Waals surface area contributed by atoms with Gasteiger partial charge in [0, 0.05) is 25.7 Å². The topological polar surface area (TPSA) is 66.5 Å². The van der Waals surface area contributed by atoms with E-state index in [0.29, 0.717) is 17.4 Å². The number of halogens is 1. The van der Waals surface area contributed by atoms with E-state index in [1.807, 2.05) is 0 Å². The van der Waals surface area contributed by atoms with Crippen LogP contribution in [0.25, 0.3) is 0 Å². The Morgan fingerprint density at radius 2 is 1.65 bits per heavy atom. The lowest BCUT2D eigenvalue weighted by Crippen LogP contribution is -2.55. The van der Waals surface area contributed by atoms with E-state index in [9.17, 15) is 13.2 Å². The Labute approximate surface area is 160 Å². The molecule has 4 saturated carbocycles. The molecule has 0 radical (unpaired) electrons. The highest BCUT2D eigenvalue weighted by atomic mass is 35.5. The zero-order valence-electron chi connectivity index (χ0n) is 15.1. The highest BCUT2D eigenvalue weighted by Gasteiger charge is 2.48. The molecule has 7 heteroatoms. The van der Waals surface area contributed by atoms with Gasteiger partial charge in [-0.2, -0.15) is 0 Å². The van der Waals surface area contributed by atoms with Gasteiger partial charge in [-0.1, -0.05) is 11.6 Å². The van der Waals surface area contributed by atoms with Crippen LogP contribution in [0.15, 0.2) is 23.1 Å². The van der Waals surface area contributed by atoms with Crippen LogP contribution in [0, 0.1) is 23.7 Å². The number of benzene rings is 1. The maximum absolute atomic E-state index is 12.8. The zero-order chi connectivity index (χ0) is 18.6. The molecule has 142 valence electrons. The minimum Gasteiger partial charge on any atom is -0.349 e. The smallest absolute Gasteiger partial charge is 0.251 e. The summed E-state index contributed by atoms with van der Waals surface area (Å²) < 4.78 is 26.0. The summed E-state index contributed by atoms with van der Waals surface area (Å²) in [5.41, 5.74) is 0.351. The van der Waals surface area contributed by atoms with E-state index in [1.54, 1.807) is 6.07 Å². The quantitative estimate of drug-likeness (QED) is 0.850. The molecule has 0 aromatic heterocycles. The number of rotatable bonds is 4. The average Bonchev–Trinajstić information content (AvgIpc) is 2.57. The molecule has 0 saturated heterocycles. The second-order valence-electron chi connectivity index (χ2n) is 8.36. The van der Waals surface area contributed by atoms with Crippen LogP contribution in [0.3, 0.4) is 0 Å². The monoisotopic (exact) mass is 396 g/mol. The predicted molar refractivity (Wildman–Crippen MR) is 101 cm³/mol. The second-order valence-corrected chi connectivity index (χ2v) is 10.9. The number of amides is 1. The molecule has 4 aliphatic carbocycles. The molecule has 0 atom stereocenters. The number of nitrogens with one attached hydrogen (secondary N) is 1. The molecule has 26 heavy (non-hydrogen) atoms. The van der Waals surface area contributed by atoms with Crippen molar-refractivity contribution in [3.05, 3.63) is 28.8 Å². The minimum absolute atomic E-state index is 0.0260. The molecule has 0 aliphatic heterocycles. The van der Waals surface area contributed by atoms with E-state index in [1.165, 1.54) is 58.3 Å². The molecule has 0 heterocycles. The van der Waals surface area contributed by atoms with Crippen molar-refractivity contribution >= 4 is 27.5 Å². The minimum atomic E-state index is -3.69. The van der Waals surface area contributed by atoms with Gasteiger partial charge >= 0.3 is 0 Å². The van der Waals surface area contributed by atoms with Gasteiger partial charge in [-0.15, -0.1) is 0 Å². The Morgan fingerprint density at radius 1 is 1.08 bits per heavy atom. The molecule has 4 aliphatic rings. The van der Waals surface area contributed by atoms with Crippen LogP contribution in [0.2, 0.25) is 5.02 Å². The van der Waals surface area contributed by atoms with Crippen LogP contribution >= 0.6 is 11.6 Å². The van der Waals surface area contributed by atoms with Crippen molar-refractivity contribution in [1.29, 1.82) is 0 Å². The maximum atomic E-state index is 12.8. The maximum Gasteiger partial charge on any atom is 0.251 e. The molecule has 0 unspecified atom stereocenters. The van der Waals surface area contributed by atoms with Gasteiger partial charge in [0.25, 0.3) is 5.91 Å².